The SMILES string of the molecule is Cc1nn(-c2ccccc2)c(N2CCCC2)c1C=NNc1ccc(S(=O)(=O)N2CCOCC2)cc1[N+](=O)[O-]. The zero-order valence-electron chi connectivity index (χ0n) is 21.0. The van der Waals surface area contributed by atoms with Crippen molar-refractivity contribution in [1.29, 1.82) is 0 Å². The van der Waals surface area contributed by atoms with Crippen LogP contribution in [0.5, 0.6) is 0 Å². The van der Waals surface area contributed by atoms with E-state index in [0.29, 0.717) is 0 Å². The lowest BCUT2D eigenvalue weighted by atomic mass is 10.2. The molecule has 0 atom stereocenters. The molecule has 2 aliphatic rings. The van der Waals surface area contributed by atoms with Gasteiger partial charge < -0.3 is 9.64 Å². The lowest BCUT2D eigenvalue weighted by Crippen LogP contribution is -2.40. The van der Waals surface area contributed by atoms with E-state index in [4.69, 9.17) is 9.84 Å². The number of hydrogen-bond acceptors (Lipinski definition) is 9. The third kappa shape index (κ3) is 5.12. The third-order valence-electron chi connectivity index (χ3n) is 6.64. The van der Waals surface area contributed by atoms with Crippen LogP contribution in [0.4, 0.5) is 17.2 Å². The number of sulfonamides is 1. The summed E-state index contributed by atoms with van der Waals surface area (Å²) in [5, 5.41) is 20.9. The monoisotopic (exact) mass is 539 g/mol. The minimum Gasteiger partial charge on any atom is -0.379 e. The number of para-hydroxylation sites is 1. The average molecular weight is 540 g/mol. The molecular weight excluding hydrogens is 510 g/mol. The fourth-order valence-corrected chi connectivity index (χ4v) is 6.11. The summed E-state index contributed by atoms with van der Waals surface area (Å²) in [5.74, 6) is 0.915. The maximum atomic E-state index is 13.0. The average Bonchev–Trinajstić information content (AvgIpc) is 3.57. The first-order chi connectivity index (χ1) is 18.4. The largest absolute Gasteiger partial charge is 0.379 e. The molecule has 0 amide bonds. The van der Waals surface area contributed by atoms with E-state index in [1.54, 1.807) is 6.21 Å². The number of rotatable bonds is 8. The van der Waals surface area contributed by atoms with E-state index in [2.05, 4.69) is 15.4 Å². The number of nitro groups is 1. The number of aromatic nitrogens is 2. The highest BCUT2D eigenvalue weighted by molar-refractivity contribution is 7.89. The third-order valence-corrected chi connectivity index (χ3v) is 8.53. The van der Waals surface area contributed by atoms with Gasteiger partial charge in [0, 0.05) is 32.2 Å². The van der Waals surface area contributed by atoms with Gasteiger partial charge in [0.05, 0.1) is 46.2 Å². The van der Waals surface area contributed by atoms with Crippen LogP contribution in [-0.2, 0) is 14.8 Å². The Balaban J connectivity index is 1.44. The maximum absolute atomic E-state index is 13.0. The van der Waals surface area contributed by atoms with Gasteiger partial charge in [-0.2, -0.15) is 14.5 Å². The zero-order chi connectivity index (χ0) is 26.7. The number of anilines is 2. The van der Waals surface area contributed by atoms with Crippen LogP contribution in [0.25, 0.3) is 5.69 Å². The number of nitrogens with zero attached hydrogens (tertiary/aromatic N) is 6. The highest BCUT2D eigenvalue weighted by Gasteiger charge is 2.29. The van der Waals surface area contributed by atoms with Crippen molar-refractivity contribution in [2.75, 3.05) is 49.7 Å². The zero-order valence-corrected chi connectivity index (χ0v) is 21.8. The molecule has 2 fully saturated rings. The predicted octanol–water partition coefficient (Wildman–Crippen LogP) is 3.16. The maximum Gasteiger partial charge on any atom is 0.295 e. The molecule has 38 heavy (non-hydrogen) atoms. The smallest absolute Gasteiger partial charge is 0.295 e. The van der Waals surface area contributed by atoms with E-state index < -0.39 is 14.9 Å². The van der Waals surface area contributed by atoms with Crippen molar-refractivity contribution in [2.24, 2.45) is 5.10 Å². The van der Waals surface area contributed by atoms with Crippen molar-refractivity contribution < 1.29 is 18.1 Å². The van der Waals surface area contributed by atoms with Gasteiger partial charge in [-0.05, 0) is 44.0 Å². The van der Waals surface area contributed by atoms with Crippen LogP contribution in [0.3, 0.4) is 0 Å². The summed E-state index contributed by atoms with van der Waals surface area (Å²) < 4.78 is 34.3. The van der Waals surface area contributed by atoms with Crippen LogP contribution in [-0.4, -0.2) is 73.0 Å². The molecule has 0 saturated carbocycles. The number of ether oxygens (including phenoxy) is 1. The molecular formula is C25H29N7O5S. The van der Waals surface area contributed by atoms with Gasteiger partial charge in [0.1, 0.15) is 11.5 Å². The van der Waals surface area contributed by atoms with Crippen LogP contribution in [0.15, 0.2) is 58.5 Å². The lowest BCUT2D eigenvalue weighted by Gasteiger charge is -2.26. The molecule has 3 heterocycles. The van der Waals surface area contributed by atoms with Gasteiger partial charge in [-0.3, -0.25) is 15.5 Å². The van der Waals surface area contributed by atoms with Crippen LogP contribution in [0, 0.1) is 17.0 Å². The molecule has 5 rings (SSSR count). The quantitative estimate of drug-likeness (QED) is 0.262. The summed E-state index contributed by atoms with van der Waals surface area (Å²) in [6.07, 6.45) is 3.77. The van der Waals surface area contributed by atoms with Crippen molar-refractivity contribution in [1.82, 2.24) is 14.1 Å². The Bertz CT molecular complexity index is 1440. The highest BCUT2D eigenvalue weighted by Crippen LogP contribution is 2.31. The Morgan fingerprint density at radius 3 is 2.47 bits per heavy atom. The van der Waals surface area contributed by atoms with Gasteiger partial charge in [0.2, 0.25) is 10.0 Å². The molecule has 3 aromatic rings. The van der Waals surface area contributed by atoms with Crippen LogP contribution in [0.1, 0.15) is 24.1 Å². The van der Waals surface area contributed by atoms with Crippen molar-refractivity contribution in [2.45, 2.75) is 24.7 Å². The molecule has 0 unspecified atom stereocenters. The summed E-state index contributed by atoms with van der Waals surface area (Å²) in [5.41, 5.74) is 4.94. The number of hydrogen-bond donors (Lipinski definition) is 1. The Labute approximate surface area is 220 Å². The first-order valence-electron chi connectivity index (χ1n) is 12.4. The summed E-state index contributed by atoms with van der Waals surface area (Å²) in [7, 11) is -3.88. The highest BCUT2D eigenvalue weighted by atomic mass is 32.2. The molecule has 0 spiro atoms. The molecule has 12 nitrogen and oxygen atoms in total. The van der Waals surface area contributed by atoms with E-state index in [9.17, 15) is 18.5 Å². The van der Waals surface area contributed by atoms with E-state index in [1.807, 2.05) is 41.9 Å². The number of aryl methyl sites for hydroxylation is 1. The summed E-state index contributed by atoms with van der Waals surface area (Å²) in [6.45, 7) is 4.68. The van der Waals surface area contributed by atoms with E-state index in [-0.39, 0.29) is 42.6 Å². The van der Waals surface area contributed by atoms with Crippen molar-refractivity contribution in [3.8, 4) is 5.69 Å². The van der Waals surface area contributed by atoms with Gasteiger partial charge in [0.15, 0.2) is 0 Å². The molecule has 0 aliphatic carbocycles. The number of benzene rings is 2. The van der Waals surface area contributed by atoms with Crippen molar-refractivity contribution >= 4 is 33.4 Å². The second kappa shape index (κ2) is 10.9. The van der Waals surface area contributed by atoms with Gasteiger partial charge in [-0.15, -0.1) is 0 Å². The molecule has 0 bridgehead atoms. The summed E-state index contributed by atoms with van der Waals surface area (Å²) >= 11 is 0. The van der Waals surface area contributed by atoms with Crippen molar-refractivity contribution in [3.63, 3.8) is 0 Å². The first-order valence-corrected chi connectivity index (χ1v) is 13.9. The Kier molecular flexibility index (Phi) is 7.40. The summed E-state index contributed by atoms with van der Waals surface area (Å²) in [4.78, 5) is 13.3. The van der Waals surface area contributed by atoms with Crippen LogP contribution in [0.2, 0.25) is 0 Å². The molecule has 1 N–H and O–H groups in total. The molecule has 13 heteroatoms. The second-order valence-electron chi connectivity index (χ2n) is 9.09. The molecule has 2 saturated heterocycles. The molecule has 2 aliphatic heterocycles. The Morgan fingerprint density at radius 2 is 1.79 bits per heavy atom. The number of nitro benzene ring substituents is 1. The number of nitrogens with one attached hydrogen (secondary N) is 1. The molecule has 2 aromatic carbocycles. The summed E-state index contributed by atoms with van der Waals surface area (Å²) in [6, 6.07) is 13.6. The molecule has 1 aromatic heterocycles. The second-order valence-corrected chi connectivity index (χ2v) is 11.0. The Hall–Kier alpha value is -3.81. The minimum atomic E-state index is -3.88. The van der Waals surface area contributed by atoms with Crippen LogP contribution < -0.4 is 10.3 Å². The standard InChI is InChI=1S/C25H29N7O5S/c1-19-22(25(29-11-5-6-12-29)31(28-19)20-7-3-2-4-8-20)18-26-27-23-10-9-21(17-24(23)32(33)34)38(35,36)30-13-15-37-16-14-30/h2-4,7-10,17-18,27H,5-6,11-16H2,1H3. The topological polar surface area (TPSA) is 135 Å². The first kappa shape index (κ1) is 25.8. The van der Waals surface area contributed by atoms with Gasteiger partial charge >= 0.3 is 0 Å². The lowest BCUT2D eigenvalue weighted by molar-refractivity contribution is -0.384. The van der Waals surface area contributed by atoms with Gasteiger partial charge in [-0.25, -0.2) is 13.1 Å². The minimum absolute atomic E-state index is 0.0861. The molecule has 0 radical (unpaired) electrons. The van der Waals surface area contributed by atoms with E-state index in [0.717, 1.165) is 54.8 Å². The van der Waals surface area contributed by atoms with Gasteiger partial charge in [-0.1, -0.05) is 18.2 Å². The van der Waals surface area contributed by atoms with Crippen LogP contribution >= 0.6 is 0 Å². The fourth-order valence-electron chi connectivity index (χ4n) is 4.68. The predicted molar refractivity (Wildman–Crippen MR) is 144 cm³/mol. The number of hydrazone groups is 1. The van der Waals surface area contributed by atoms with E-state index >= 15 is 0 Å². The normalized spacial score (nSPS) is 16.8. The van der Waals surface area contributed by atoms with Crippen molar-refractivity contribution in [3.05, 3.63) is 69.9 Å². The Morgan fingerprint density at radius 1 is 1.08 bits per heavy atom. The molecule has 200 valence electrons. The number of morpholine rings is 1. The van der Waals surface area contributed by atoms with Gasteiger partial charge in [0.25, 0.3) is 5.69 Å². The van der Waals surface area contributed by atoms with E-state index in [1.165, 1.54) is 16.4 Å². The fraction of sp³-hybridized carbons (Fsp3) is 0.360.